The first-order valence-electron chi connectivity index (χ1n) is 6.17. The molecule has 1 aromatic carbocycles. The van der Waals surface area contributed by atoms with E-state index in [4.69, 9.17) is 9.47 Å². The summed E-state index contributed by atoms with van der Waals surface area (Å²) in [5.74, 6) is 0.990. The topological polar surface area (TPSA) is 18.5 Å². The van der Waals surface area contributed by atoms with Crippen LogP contribution in [-0.4, -0.2) is 19.8 Å². The van der Waals surface area contributed by atoms with Crippen molar-refractivity contribution in [3.8, 4) is 5.75 Å². The second-order valence-corrected chi connectivity index (χ2v) is 3.78. The van der Waals surface area contributed by atoms with E-state index in [-0.39, 0.29) is 0 Å². The molecule has 0 saturated heterocycles. The van der Waals surface area contributed by atoms with Crippen LogP contribution in [0.15, 0.2) is 24.3 Å². The normalized spacial score (nSPS) is 10.4. The first-order valence-corrected chi connectivity index (χ1v) is 6.17. The van der Waals surface area contributed by atoms with E-state index in [1.54, 1.807) is 0 Å². The molecule has 0 aliphatic carbocycles. The lowest BCUT2D eigenvalue weighted by atomic mass is 10.1. The van der Waals surface area contributed by atoms with Crippen LogP contribution < -0.4 is 4.74 Å². The number of aryl methyl sites for hydroxylation is 1. The van der Waals surface area contributed by atoms with Gasteiger partial charge >= 0.3 is 0 Å². The average Bonchev–Trinajstić information content (AvgIpc) is 2.34. The van der Waals surface area contributed by atoms with Crippen LogP contribution in [0.3, 0.4) is 0 Å². The molecule has 90 valence electrons. The summed E-state index contributed by atoms with van der Waals surface area (Å²) < 4.78 is 11.1. The zero-order valence-corrected chi connectivity index (χ0v) is 10.4. The number of benzene rings is 1. The lowest BCUT2D eigenvalue weighted by Gasteiger charge is -2.10. The standard InChI is InChI=1S/C14H22O2/c1-3-5-10-15-11-12-16-14-9-7-6-8-13(14)4-2/h6-9H,3-5,10-12H2,1-2H3. The van der Waals surface area contributed by atoms with Gasteiger partial charge in [-0.3, -0.25) is 0 Å². The van der Waals surface area contributed by atoms with Crippen LogP contribution in [0.25, 0.3) is 0 Å². The molecule has 0 amide bonds. The average molecular weight is 222 g/mol. The number of rotatable bonds is 8. The minimum absolute atomic E-state index is 0.640. The largest absolute Gasteiger partial charge is 0.491 e. The Morgan fingerprint density at radius 3 is 2.56 bits per heavy atom. The molecule has 0 bridgehead atoms. The maximum atomic E-state index is 5.68. The predicted molar refractivity (Wildman–Crippen MR) is 67.0 cm³/mol. The Balaban J connectivity index is 2.21. The molecule has 0 unspecified atom stereocenters. The zero-order chi connectivity index (χ0) is 11.6. The van der Waals surface area contributed by atoms with Crippen LogP contribution in [0, 0.1) is 0 Å². The van der Waals surface area contributed by atoms with Gasteiger partial charge < -0.3 is 9.47 Å². The fourth-order valence-electron chi connectivity index (χ4n) is 1.50. The van der Waals surface area contributed by atoms with Gasteiger partial charge in [0.15, 0.2) is 0 Å². The van der Waals surface area contributed by atoms with Crippen LogP contribution in [0.4, 0.5) is 0 Å². The van der Waals surface area contributed by atoms with Gasteiger partial charge in [-0.2, -0.15) is 0 Å². The predicted octanol–water partition coefficient (Wildman–Crippen LogP) is 3.44. The van der Waals surface area contributed by atoms with Gasteiger partial charge in [0.05, 0.1) is 6.61 Å². The summed E-state index contributed by atoms with van der Waals surface area (Å²) >= 11 is 0. The van der Waals surface area contributed by atoms with E-state index in [2.05, 4.69) is 19.9 Å². The monoisotopic (exact) mass is 222 g/mol. The van der Waals surface area contributed by atoms with Crippen LogP contribution in [0.5, 0.6) is 5.75 Å². The van der Waals surface area contributed by atoms with E-state index >= 15 is 0 Å². The summed E-state index contributed by atoms with van der Waals surface area (Å²) in [5, 5.41) is 0. The molecule has 16 heavy (non-hydrogen) atoms. The quantitative estimate of drug-likeness (QED) is 0.627. The summed E-state index contributed by atoms with van der Waals surface area (Å²) in [5.41, 5.74) is 1.26. The summed E-state index contributed by atoms with van der Waals surface area (Å²) in [4.78, 5) is 0. The minimum atomic E-state index is 0.640. The van der Waals surface area contributed by atoms with Gasteiger partial charge in [-0.05, 0) is 24.5 Å². The highest BCUT2D eigenvalue weighted by molar-refractivity contribution is 5.33. The summed E-state index contributed by atoms with van der Waals surface area (Å²) in [6, 6.07) is 8.17. The van der Waals surface area contributed by atoms with Gasteiger partial charge in [0.25, 0.3) is 0 Å². The van der Waals surface area contributed by atoms with E-state index in [9.17, 15) is 0 Å². The Morgan fingerprint density at radius 2 is 1.81 bits per heavy atom. The molecular weight excluding hydrogens is 200 g/mol. The van der Waals surface area contributed by atoms with Crippen LogP contribution in [0.2, 0.25) is 0 Å². The Kier molecular flexibility index (Phi) is 6.66. The highest BCUT2D eigenvalue weighted by Crippen LogP contribution is 2.17. The second-order valence-electron chi connectivity index (χ2n) is 3.78. The Bertz CT molecular complexity index is 284. The van der Waals surface area contributed by atoms with Crippen molar-refractivity contribution in [1.82, 2.24) is 0 Å². The van der Waals surface area contributed by atoms with Crippen molar-refractivity contribution < 1.29 is 9.47 Å². The highest BCUT2D eigenvalue weighted by atomic mass is 16.5. The molecule has 0 fully saturated rings. The molecule has 0 aromatic heterocycles. The molecule has 0 atom stereocenters. The van der Waals surface area contributed by atoms with E-state index in [0.717, 1.165) is 25.2 Å². The summed E-state index contributed by atoms with van der Waals surface area (Å²) in [6.07, 6.45) is 3.32. The van der Waals surface area contributed by atoms with Gasteiger partial charge in [0, 0.05) is 6.61 Å². The van der Waals surface area contributed by atoms with Crippen molar-refractivity contribution in [2.45, 2.75) is 33.1 Å². The lowest BCUT2D eigenvalue weighted by Crippen LogP contribution is -2.08. The molecular formula is C14H22O2. The SMILES string of the molecule is CCCCOCCOc1ccccc1CC. The molecule has 0 aliphatic heterocycles. The third-order valence-corrected chi connectivity index (χ3v) is 2.48. The van der Waals surface area contributed by atoms with Gasteiger partial charge in [-0.15, -0.1) is 0 Å². The molecule has 1 rings (SSSR count). The van der Waals surface area contributed by atoms with E-state index in [1.807, 2.05) is 18.2 Å². The van der Waals surface area contributed by atoms with Crippen molar-refractivity contribution in [1.29, 1.82) is 0 Å². The molecule has 0 spiro atoms. The number of ether oxygens (including phenoxy) is 2. The Morgan fingerprint density at radius 1 is 1.00 bits per heavy atom. The van der Waals surface area contributed by atoms with E-state index in [0.29, 0.717) is 13.2 Å². The zero-order valence-electron chi connectivity index (χ0n) is 10.4. The first kappa shape index (κ1) is 13.0. The number of hydrogen-bond acceptors (Lipinski definition) is 2. The van der Waals surface area contributed by atoms with Crippen molar-refractivity contribution in [3.63, 3.8) is 0 Å². The molecule has 0 radical (unpaired) electrons. The van der Waals surface area contributed by atoms with Crippen molar-refractivity contribution >= 4 is 0 Å². The van der Waals surface area contributed by atoms with Crippen molar-refractivity contribution in [2.75, 3.05) is 19.8 Å². The molecule has 2 nitrogen and oxygen atoms in total. The van der Waals surface area contributed by atoms with Crippen LogP contribution in [0.1, 0.15) is 32.3 Å². The lowest BCUT2D eigenvalue weighted by molar-refractivity contribution is 0.0977. The third kappa shape index (κ3) is 4.67. The van der Waals surface area contributed by atoms with E-state index < -0.39 is 0 Å². The Hall–Kier alpha value is -1.02. The van der Waals surface area contributed by atoms with Crippen LogP contribution in [-0.2, 0) is 11.2 Å². The van der Waals surface area contributed by atoms with Gasteiger partial charge in [0.1, 0.15) is 12.4 Å². The smallest absolute Gasteiger partial charge is 0.122 e. The van der Waals surface area contributed by atoms with Gasteiger partial charge in [-0.1, -0.05) is 38.5 Å². The summed E-state index contributed by atoms with van der Waals surface area (Å²) in [6.45, 7) is 6.46. The number of para-hydroxylation sites is 1. The molecule has 2 heteroatoms. The van der Waals surface area contributed by atoms with Crippen molar-refractivity contribution in [2.24, 2.45) is 0 Å². The van der Waals surface area contributed by atoms with E-state index in [1.165, 1.54) is 12.0 Å². The summed E-state index contributed by atoms with van der Waals surface area (Å²) in [7, 11) is 0. The fraction of sp³-hybridized carbons (Fsp3) is 0.571. The maximum absolute atomic E-state index is 5.68. The molecule has 0 aliphatic rings. The molecule has 1 aromatic rings. The first-order chi connectivity index (χ1) is 7.88. The Labute approximate surface area is 98.6 Å². The second kappa shape index (κ2) is 8.17. The number of unbranched alkanes of at least 4 members (excludes halogenated alkanes) is 1. The van der Waals surface area contributed by atoms with Gasteiger partial charge in [0.2, 0.25) is 0 Å². The highest BCUT2D eigenvalue weighted by Gasteiger charge is 1.99. The maximum Gasteiger partial charge on any atom is 0.122 e. The minimum Gasteiger partial charge on any atom is -0.491 e. The van der Waals surface area contributed by atoms with Gasteiger partial charge in [-0.25, -0.2) is 0 Å². The molecule has 0 saturated carbocycles. The third-order valence-electron chi connectivity index (χ3n) is 2.48. The molecule has 0 N–H and O–H groups in total. The number of hydrogen-bond donors (Lipinski definition) is 0. The fourth-order valence-corrected chi connectivity index (χ4v) is 1.50. The molecule has 0 heterocycles. The van der Waals surface area contributed by atoms with Crippen molar-refractivity contribution in [3.05, 3.63) is 29.8 Å². The van der Waals surface area contributed by atoms with Crippen LogP contribution >= 0.6 is 0 Å².